The summed E-state index contributed by atoms with van der Waals surface area (Å²) in [5.74, 6) is 5.51. The number of carbonyl (C=O) groups excluding carboxylic acids is 1. The van der Waals surface area contributed by atoms with Gasteiger partial charge in [0.25, 0.3) is 0 Å². The number of carbonyl (C=O) groups is 1. The fraction of sp³-hybridized carbons (Fsp3) is 0.727. The van der Waals surface area contributed by atoms with Crippen LogP contribution < -0.4 is 5.84 Å². The summed E-state index contributed by atoms with van der Waals surface area (Å²) in [5.41, 5.74) is -0.441. The van der Waals surface area contributed by atoms with Gasteiger partial charge in [0, 0.05) is 6.04 Å². The molecule has 15 heavy (non-hydrogen) atoms. The van der Waals surface area contributed by atoms with Crippen LogP contribution in [-0.4, -0.2) is 29.2 Å². The molecule has 1 aliphatic carbocycles. The van der Waals surface area contributed by atoms with Crippen LogP contribution in [0.5, 0.6) is 0 Å². The first kappa shape index (κ1) is 12.2. The van der Waals surface area contributed by atoms with Gasteiger partial charge in [0.1, 0.15) is 12.1 Å². The van der Waals surface area contributed by atoms with Crippen molar-refractivity contribution in [2.45, 2.75) is 45.3 Å². The Morgan fingerprint density at radius 1 is 1.60 bits per heavy atom. The summed E-state index contributed by atoms with van der Waals surface area (Å²) in [6, 6.07) is 0.178. The third-order valence-corrected chi connectivity index (χ3v) is 2.15. The second-order valence-electron chi connectivity index (χ2n) is 4.83. The molecule has 1 atom stereocenters. The van der Waals surface area contributed by atoms with Crippen molar-refractivity contribution in [1.82, 2.24) is 5.01 Å². The van der Waals surface area contributed by atoms with E-state index in [9.17, 15) is 4.79 Å². The van der Waals surface area contributed by atoms with E-state index in [2.05, 4.69) is 6.08 Å². The van der Waals surface area contributed by atoms with Crippen molar-refractivity contribution in [1.29, 1.82) is 0 Å². The highest BCUT2D eigenvalue weighted by Crippen LogP contribution is 2.14. The van der Waals surface area contributed by atoms with Crippen molar-refractivity contribution in [2.75, 3.05) is 6.54 Å². The molecular formula is C11H20N2O2. The summed E-state index contributed by atoms with van der Waals surface area (Å²) in [4.78, 5) is 11.5. The molecule has 0 aromatic carbocycles. The first-order valence-electron chi connectivity index (χ1n) is 5.28. The van der Waals surface area contributed by atoms with Crippen molar-refractivity contribution >= 4 is 5.97 Å². The zero-order valence-corrected chi connectivity index (χ0v) is 9.69. The van der Waals surface area contributed by atoms with Gasteiger partial charge in [-0.25, -0.2) is 5.01 Å². The van der Waals surface area contributed by atoms with Crippen molar-refractivity contribution < 1.29 is 9.53 Å². The smallest absolute Gasteiger partial charge is 0.322 e. The number of hydrazine groups is 1. The quantitative estimate of drug-likeness (QED) is 0.331. The van der Waals surface area contributed by atoms with E-state index in [4.69, 9.17) is 10.6 Å². The second-order valence-corrected chi connectivity index (χ2v) is 4.83. The Balaban J connectivity index is 2.34. The number of ether oxygens (including phenoxy) is 1. The lowest BCUT2D eigenvalue weighted by molar-refractivity contribution is -0.156. The van der Waals surface area contributed by atoms with E-state index in [-0.39, 0.29) is 18.6 Å². The Hall–Kier alpha value is -0.870. The Morgan fingerprint density at radius 3 is 2.73 bits per heavy atom. The molecule has 0 spiro atoms. The molecule has 0 bridgehead atoms. The maximum Gasteiger partial charge on any atom is 0.322 e. The van der Waals surface area contributed by atoms with E-state index in [0.29, 0.717) is 0 Å². The minimum absolute atomic E-state index is 0.145. The Morgan fingerprint density at radius 2 is 2.27 bits per heavy atom. The van der Waals surface area contributed by atoms with Gasteiger partial charge in [-0.1, -0.05) is 12.2 Å². The van der Waals surface area contributed by atoms with Crippen LogP contribution in [0.25, 0.3) is 0 Å². The molecule has 1 aliphatic rings. The number of esters is 1. The van der Waals surface area contributed by atoms with Gasteiger partial charge in [-0.3, -0.25) is 10.6 Å². The first-order valence-corrected chi connectivity index (χ1v) is 5.28. The summed E-state index contributed by atoms with van der Waals surface area (Å²) < 4.78 is 5.18. The third-order valence-electron chi connectivity index (χ3n) is 2.15. The van der Waals surface area contributed by atoms with Crippen molar-refractivity contribution in [2.24, 2.45) is 5.84 Å². The molecule has 86 valence electrons. The van der Waals surface area contributed by atoms with Crippen molar-refractivity contribution in [3.63, 3.8) is 0 Å². The molecule has 0 radical (unpaired) electrons. The molecule has 0 amide bonds. The van der Waals surface area contributed by atoms with Gasteiger partial charge in [0.15, 0.2) is 0 Å². The maximum atomic E-state index is 11.5. The largest absolute Gasteiger partial charge is 0.459 e. The molecule has 4 nitrogen and oxygen atoms in total. The molecule has 0 aliphatic heterocycles. The van der Waals surface area contributed by atoms with Crippen molar-refractivity contribution in [3.8, 4) is 0 Å². The summed E-state index contributed by atoms with van der Waals surface area (Å²) in [6.07, 6.45) is 6.13. The SMILES string of the molecule is CC(C)(C)OC(=O)CN(N)C1C=CCC1. The highest BCUT2D eigenvalue weighted by molar-refractivity contribution is 5.72. The maximum absolute atomic E-state index is 11.5. The van der Waals surface area contributed by atoms with Crippen LogP contribution in [0.1, 0.15) is 33.6 Å². The van der Waals surface area contributed by atoms with Crippen LogP contribution in [0.2, 0.25) is 0 Å². The monoisotopic (exact) mass is 212 g/mol. The van der Waals surface area contributed by atoms with E-state index in [1.807, 2.05) is 26.8 Å². The lowest BCUT2D eigenvalue weighted by atomic mass is 10.2. The van der Waals surface area contributed by atoms with Gasteiger partial charge < -0.3 is 4.74 Å². The number of nitrogens with zero attached hydrogens (tertiary/aromatic N) is 1. The zero-order chi connectivity index (χ0) is 11.5. The van der Waals surface area contributed by atoms with Crippen LogP contribution in [-0.2, 0) is 9.53 Å². The Kier molecular flexibility index (Phi) is 3.88. The number of hydrogen-bond acceptors (Lipinski definition) is 4. The van der Waals surface area contributed by atoms with Crippen LogP contribution in [0.4, 0.5) is 0 Å². The Labute approximate surface area is 91.0 Å². The molecule has 4 heteroatoms. The normalized spacial score (nSPS) is 21.0. The minimum atomic E-state index is -0.441. The van der Waals surface area contributed by atoms with E-state index in [1.165, 1.54) is 5.01 Å². The fourth-order valence-corrected chi connectivity index (χ4v) is 1.53. The van der Waals surface area contributed by atoms with Gasteiger partial charge in [-0.2, -0.15) is 0 Å². The van der Waals surface area contributed by atoms with Gasteiger partial charge in [0.2, 0.25) is 0 Å². The van der Waals surface area contributed by atoms with Gasteiger partial charge in [-0.05, 0) is 33.6 Å². The lowest BCUT2D eigenvalue weighted by Gasteiger charge is -2.24. The molecule has 0 fully saturated rings. The predicted molar refractivity (Wildman–Crippen MR) is 58.9 cm³/mol. The van der Waals surface area contributed by atoms with E-state index in [0.717, 1.165) is 12.8 Å². The molecule has 0 aromatic heterocycles. The molecule has 0 saturated heterocycles. The molecule has 1 rings (SSSR count). The molecule has 0 aromatic rings. The molecule has 2 N–H and O–H groups in total. The van der Waals surface area contributed by atoms with Crippen LogP contribution >= 0.6 is 0 Å². The van der Waals surface area contributed by atoms with Crippen LogP contribution in [0, 0.1) is 0 Å². The molecule has 1 unspecified atom stereocenters. The average molecular weight is 212 g/mol. The molecular weight excluding hydrogens is 192 g/mol. The van der Waals surface area contributed by atoms with Crippen LogP contribution in [0.15, 0.2) is 12.2 Å². The summed E-state index contributed by atoms with van der Waals surface area (Å²) in [5, 5.41) is 1.54. The summed E-state index contributed by atoms with van der Waals surface area (Å²) in [6.45, 7) is 5.69. The highest BCUT2D eigenvalue weighted by Gasteiger charge is 2.21. The summed E-state index contributed by atoms with van der Waals surface area (Å²) >= 11 is 0. The molecule has 0 saturated carbocycles. The van der Waals surface area contributed by atoms with E-state index >= 15 is 0 Å². The Bertz CT molecular complexity index is 256. The number of allylic oxidation sites excluding steroid dienone is 1. The topological polar surface area (TPSA) is 55.6 Å². The van der Waals surface area contributed by atoms with Gasteiger partial charge in [-0.15, -0.1) is 0 Å². The van der Waals surface area contributed by atoms with Gasteiger partial charge in [0.05, 0.1) is 0 Å². The average Bonchev–Trinajstić information content (AvgIpc) is 2.50. The number of hydrogen-bond donors (Lipinski definition) is 1. The number of nitrogens with two attached hydrogens (primary N) is 1. The third kappa shape index (κ3) is 4.44. The molecule has 0 heterocycles. The van der Waals surface area contributed by atoms with Crippen molar-refractivity contribution in [3.05, 3.63) is 12.2 Å². The van der Waals surface area contributed by atoms with E-state index < -0.39 is 5.60 Å². The van der Waals surface area contributed by atoms with Crippen LogP contribution in [0.3, 0.4) is 0 Å². The first-order chi connectivity index (χ1) is 6.88. The summed E-state index contributed by atoms with van der Waals surface area (Å²) in [7, 11) is 0. The standard InChI is InChI=1S/C11H20N2O2/c1-11(2,3)15-10(14)8-13(12)9-6-4-5-7-9/h4,6,9H,5,7-8,12H2,1-3H3. The highest BCUT2D eigenvalue weighted by atomic mass is 16.6. The fourth-order valence-electron chi connectivity index (χ4n) is 1.53. The lowest BCUT2D eigenvalue weighted by Crippen LogP contribution is -2.44. The zero-order valence-electron chi connectivity index (χ0n) is 9.69. The minimum Gasteiger partial charge on any atom is -0.459 e. The predicted octanol–water partition coefficient (Wildman–Crippen LogP) is 1.22. The number of rotatable bonds is 3. The van der Waals surface area contributed by atoms with Gasteiger partial charge >= 0.3 is 5.97 Å². The van der Waals surface area contributed by atoms with E-state index in [1.54, 1.807) is 0 Å². The second kappa shape index (κ2) is 4.77.